The topological polar surface area (TPSA) is 135 Å². The Morgan fingerprint density at radius 1 is 1.16 bits per heavy atom. The fourth-order valence-corrected chi connectivity index (χ4v) is 5.36. The van der Waals surface area contributed by atoms with Crippen LogP contribution in [0.5, 0.6) is 5.75 Å². The number of hydrogen-bond donors (Lipinski definition) is 3. The number of aromatic hydroxyl groups is 1. The lowest BCUT2D eigenvalue weighted by Crippen LogP contribution is -2.17. The minimum atomic E-state index is -0.163. The molecule has 0 unspecified atom stereocenters. The monoisotopic (exact) mass is 493 g/mol. The Morgan fingerprint density at radius 2 is 1.97 bits per heavy atom. The van der Waals surface area contributed by atoms with Crippen molar-refractivity contribution in [2.24, 2.45) is 10.9 Å². The lowest BCUT2D eigenvalue weighted by Gasteiger charge is -2.25. The van der Waals surface area contributed by atoms with E-state index < -0.39 is 0 Å². The number of rotatable bonds is 4. The van der Waals surface area contributed by atoms with E-state index in [9.17, 15) is 9.90 Å². The Morgan fingerprint density at radius 3 is 2.76 bits per heavy atom. The molecule has 2 aromatic carbocycles. The number of carbonyl (C=O) groups excluding carboxylic acids is 1. The van der Waals surface area contributed by atoms with Crippen molar-refractivity contribution >= 4 is 34.4 Å². The highest BCUT2D eigenvalue weighted by Crippen LogP contribution is 2.39. The molecule has 0 saturated heterocycles. The minimum Gasteiger partial charge on any atom is -0.508 e. The lowest BCUT2D eigenvalue weighted by atomic mass is 9.82. The number of benzene rings is 2. The number of anilines is 1. The van der Waals surface area contributed by atoms with Gasteiger partial charge in [0.25, 0.3) is 0 Å². The van der Waals surface area contributed by atoms with Gasteiger partial charge in [0.1, 0.15) is 29.1 Å². The number of nitrogen functional groups attached to an aromatic ring is 1. The van der Waals surface area contributed by atoms with Gasteiger partial charge in [-0.15, -0.1) is 0 Å². The Labute approximate surface area is 213 Å². The van der Waals surface area contributed by atoms with Gasteiger partial charge in [-0.05, 0) is 55.4 Å². The van der Waals surface area contributed by atoms with Crippen molar-refractivity contribution in [3.8, 4) is 28.3 Å². The maximum Gasteiger partial charge on any atom is 0.242 e. The molecule has 1 saturated carbocycles. The number of amides is 1. The van der Waals surface area contributed by atoms with E-state index in [-0.39, 0.29) is 17.6 Å². The summed E-state index contributed by atoms with van der Waals surface area (Å²) in [6.45, 7) is 1.47. The molecule has 5 aromatic rings. The van der Waals surface area contributed by atoms with E-state index in [0.717, 1.165) is 59.2 Å². The zero-order chi connectivity index (χ0) is 25.5. The molecule has 1 aliphatic rings. The van der Waals surface area contributed by atoms with Gasteiger partial charge < -0.3 is 15.8 Å². The number of aromatic amines is 1. The van der Waals surface area contributed by atoms with E-state index in [1.807, 2.05) is 34.8 Å². The van der Waals surface area contributed by atoms with Crippen molar-refractivity contribution in [3.63, 3.8) is 0 Å². The molecule has 0 atom stereocenters. The van der Waals surface area contributed by atoms with E-state index in [4.69, 9.17) is 10.7 Å². The van der Waals surface area contributed by atoms with Gasteiger partial charge in [0.15, 0.2) is 5.82 Å². The summed E-state index contributed by atoms with van der Waals surface area (Å²) in [7, 11) is 0. The molecule has 9 nitrogen and oxygen atoms in total. The summed E-state index contributed by atoms with van der Waals surface area (Å²) in [5, 5.41) is 15.6. The Balaban J connectivity index is 1.41. The zero-order valence-electron chi connectivity index (χ0n) is 20.4. The third-order valence-electron chi connectivity index (χ3n) is 7.16. The minimum absolute atomic E-state index is 0.163. The van der Waals surface area contributed by atoms with Crippen molar-refractivity contribution in [3.05, 3.63) is 60.7 Å². The number of hydrogen-bond acceptors (Lipinski definition) is 6. The normalized spacial score (nSPS) is 18.2. The first-order valence-corrected chi connectivity index (χ1v) is 12.4. The van der Waals surface area contributed by atoms with Crippen molar-refractivity contribution < 1.29 is 9.90 Å². The summed E-state index contributed by atoms with van der Waals surface area (Å²) in [4.78, 5) is 28.1. The molecule has 6 rings (SSSR count). The van der Waals surface area contributed by atoms with Crippen LogP contribution >= 0.6 is 0 Å². The van der Waals surface area contributed by atoms with E-state index in [1.54, 1.807) is 18.3 Å². The fourth-order valence-electron chi connectivity index (χ4n) is 5.36. The number of carbonyl (C=O) groups is 1. The van der Waals surface area contributed by atoms with Gasteiger partial charge in [0.2, 0.25) is 5.91 Å². The first kappa shape index (κ1) is 22.9. The standard InChI is InChI=1S/C28H27N7O2/c1-16(36)30-14-17-8-10-18(11-9-17)28-34-25(26-27(29)31-15-32-35(26)28)23-13-20-5-3-7-22(24(20)33-23)19-4-2-6-21(37)12-19/h2-7,12-15,17-18,33,37H,8-11H2,1H3,(H2,29,31,32). The number of imidazole rings is 1. The number of phenolic OH excluding ortho intramolecular Hbond substituents is 1. The van der Waals surface area contributed by atoms with Crippen LogP contribution in [0.15, 0.2) is 59.9 Å². The smallest absolute Gasteiger partial charge is 0.242 e. The van der Waals surface area contributed by atoms with Crippen molar-refractivity contribution in [2.75, 3.05) is 5.73 Å². The third kappa shape index (κ3) is 4.22. The number of H-pyrrole nitrogens is 1. The highest BCUT2D eigenvalue weighted by atomic mass is 16.3. The molecule has 4 N–H and O–H groups in total. The number of nitrogens with zero attached hydrogens (tertiary/aromatic N) is 5. The predicted octanol–water partition coefficient (Wildman–Crippen LogP) is 5.12. The van der Waals surface area contributed by atoms with Gasteiger partial charge in [-0.25, -0.2) is 19.5 Å². The molecule has 1 fully saturated rings. The SMILES string of the molecule is CC(=O)N=CC1CCC(c2nc(-c3cc4cccc(-c5cccc(O)c5)c4[nH]3)c3c(N)ncnn23)CC1. The maximum atomic E-state index is 11.2. The lowest BCUT2D eigenvalue weighted by molar-refractivity contribution is -0.115. The summed E-state index contributed by atoms with van der Waals surface area (Å²) < 4.78 is 1.83. The van der Waals surface area contributed by atoms with E-state index in [2.05, 4.69) is 26.1 Å². The summed E-state index contributed by atoms with van der Waals surface area (Å²) in [5.41, 5.74) is 11.4. The second kappa shape index (κ2) is 9.16. The molecule has 186 valence electrons. The van der Waals surface area contributed by atoms with Crippen LogP contribution in [0.2, 0.25) is 0 Å². The van der Waals surface area contributed by atoms with Crippen LogP contribution in [0.25, 0.3) is 38.9 Å². The number of nitrogens with one attached hydrogen (secondary N) is 1. The number of nitrogens with two attached hydrogens (primary N) is 1. The van der Waals surface area contributed by atoms with Crippen molar-refractivity contribution in [1.29, 1.82) is 0 Å². The predicted molar refractivity (Wildman–Crippen MR) is 143 cm³/mol. The molecule has 3 aromatic heterocycles. The van der Waals surface area contributed by atoms with Gasteiger partial charge in [-0.1, -0.05) is 30.3 Å². The number of phenols is 1. The first-order valence-electron chi connectivity index (χ1n) is 12.4. The molecular formula is C28H27N7O2. The Hall–Kier alpha value is -4.53. The molecule has 0 radical (unpaired) electrons. The largest absolute Gasteiger partial charge is 0.508 e. The molecule has 1 amide bonds. The molecular weight excluding hydrogens is 466 g/mol. The summed E-state index contributed by atoms with van der Waals surface area (Å²) in [5.74, 6) is 1.81. The average Bonchev–Trinajstić information content (AvgIpc) is 3.50. The first-order chi connectivity index (χ1) is 18.0. The van der Waals surface area contributed by atoms with Crippen LogP contribution in [0, 0.1) is 5.92 Å². The van der Waals surface area contributed by atoms with Crippen LogP contribution in [0.3, 0.4) is 0 Å². The van der Waals surface area contributed by atoms with Gasteiger partial charge in [-0.2, -0.15) is 5.10 Å². The summed E-state index contributed by atoms with van der Waals surface area (Å²) >= 11 is 0. The number of para-hydroxylation sites is 1. The molecule has 1 aliphatic carbocycles. The fraction of sp³-hybridized carbons (Fsp3) is 0.250. The molecule has 0 spiro atoms. The van der Waals surface area contributed by atoms with Gasteiger partial charge in [-0.3, -0.25) is 4.79 Å². The quantitative estimate of drug-likeness (QED) is 0.298. The Bertz CT molecular complexity index is 1660. The molecule has 37 heavy (non-hydrogen) atoms. The van der Waals surface area contributed by atoms with Gasteiger partial charge in [0, 0.05) is 30.0 Å². The van der Waals surface area contributed by atoms with Gasteiger partial charge >= 0.3 is 0 Å². The van der Waals surface area contributed by atoms with Crippen LogP contribution in [-0.2, 0) is 4.79 Å². The third-order valence-corrected chi connectivity index (χ3v) is 7.16. The van der Waals surface area contributed by atoms with Gasteiger partial charge in [0.05, 0.1) is 11.2 Å². The van der Waals surface area contributed by atoms with E-state index in [1.165, 1.54) is 13.3 Å². The van der Waals surface area contributed by atoms with Crippen molar-refractivity contribution in [1.82, 2.24) is 24.6 Å². The molecule has 3 heterocycles. The average molecular weight is 494 g/mol. The van der Waals surface area contributed by atoms with Crippen LogP contribution in [-0.4, -0.2) is 41.8 Å². The summed E-state index contributed by atoms with van der Waals surface area (Å²) in [6.07, 6.45) is 6.98. The second-order valence-corrected chi connectivity index (χ2v) is 9.64. The maximum absolute atomic E-state index is 11.2. The second-order valence-electron chi connectivity index (χ2n) is 9.64. The van der Waals surface area contributed by atoms with Crippen LogP contribution < -0.4 is 5.73 Å². The highest BCUT2D eigenvalue weighted by molar-refractivity contribution is 5.99. The zero-order valence-corrected chi connectivity index (χ0v) is 20.4. The summed E-state index contributed by atoms with van der Waals surface area (Å²) in [6, 6.07) is 15.4. The highest BCUT2D eigenvalue weighted by Gasteiger charge is 2.28. The number of aromatic nitrogens is 5. The Kier molecular flexibility index (Phi) is 5.67. The molecule has 9 heteroatoms. The van der Waals surface area contributed by atoms with E-state index in [0.29, 0.717) is 22.9 Å². The number of aliphatic imine (C=N–C) groups is 1. The van der Waals surface area contributed by atoms with E-state index >= 15 is 0 Å². The molecule has 0 aliphatic heterocycles. The van der Waals surface area contributed by atoms with Crippen LogP contribution in [0.1, 0.15) is 44.3 Å². The van der Waals surface area contributed by atoms with Crippen LogP contribution in [0.4, 0.5) is 5.82 Å². The number of fused-ring (bicyclic) bond motifs is 2. The van der Waals surface area contributed by atoms with Crippen molar-refractivity contribution in [2.45, 2.75) is 38.5 Å². The molecule has 0 bridgehead atoms.